The van der Waals surface area contributed by atoms with Gasteiger partial charge in [-0.2, -0.15) is 0 Å². The van der Waals surface area contributed by atoms with Crippen LogP contribution in [0, 0.1) is 0 Å². The first-order valence-corrected chi connectivity index (χ1v) is 10.0. The standard InChI is InChI=1S/C24H26N4O/c25-16-22-18-27(24(29)21-12-7-13-26-17-21)14-15-28(22)23(19-8-3-1-4-9-19)20-10-5-2-6-11-20/h1-13,17,22-23H,14-16,18,25H2. The Morgan fingerprint density at radius 1 is 0.966 bits per heavy atom. The molecular weight excluding hydrogens is 360 g/mol. The molecule has 5 nitrogen and oxygen atoms in total. The van der Waals surface area contributed by atoms with Crippen molar-refractivity contribution in [3.8, 4) is 0 Å². The molecule has 5 heteroatoms. The summed E-state index contributed by atoms with van der Waals surface area (Å²) in [5, 5.41) is 0. The van der Waals surface area contributed by atoms with Crippen LogP contribution in [0.5, 0.6) is 0 Å². The third-order valence-electron chi connectivity index (χ3n) is 5.56. The van der Waals surface area contributed by atoms with E-state index in [2.05, 4.69) is 58.4 Å². The quantitative estimate of drug-likeness (QED) is 0.732. The number of nitrogens with two attached hydrogens (primary N) is 1. The van der Waals surface area contributed by atoms with Gasteiger partial charge in [-0.15, -0.1) is 0 Å². The van der Waals surface area contributed by atoms with Gasteiger partial charge in [0.15, 0.2) is 0 Å². The highest BCUT2D eigenvalue weighted by Gasteiger charge is 2.34. The SMILES string of the molecule is NCC1CN(C(=O)c2cccnc2)CCN1C(c1ccccc1)c1ccccc1. The molecular formula is C24H26N4O. The molecule has 1 aliphatic heterocycles. The second-order valence-corrected chi connectivity index (χ2v) is 7.34. The summed E-state index contributed by atoms with van der Waals surface area (Å²) in [7, 11) is 0. The second-order valence-electron chi connectivity index (χ2n) is 7.34. The first-order chi connectivity index (χ1) is 14.3. The van der Waals surface area contributed by atoms with E-state index in [9.17, 15) is 4.79 Å². The number of rotatable bonds is 5. The molecule has 0 saturated carbocycles. The number of piperazine rings is 1. The zero-order valence-corrected chi connectivity index (χ0v) is 16.4. The van der Waals surface area contributed by atoms with Crippen molar-refractivity contribution >= 4 is 5.91 Å². The summed E-state index contributed by atoms with van der Waals surface area (Å²) in [6.07, 6.45) is 3.31. The smallest absolute Gasteiger partial charge is 0.255 e. The maximum absolute atomic E-state index is 12.9. The van der Waals surface area contributed by atoms with Gasteiger partial charge in [-0.1, -0.05) is 60.7 Å². The average Bonchev–Trinajstić information content (AvgIpc) is 2.81. The van der Waals surface area contributed by atoms with Crippen molar-refractivity contribution in [2.24, 2.45) is 5.73 Å². The van der Waals surface area contributed by atoms with Crippen molar-refractivity contribution in [2.75, 3.05) is 26.2 Å². The predicted octanol–water partition coefficient (Wildman–Crippen LogP) is 2.96. The topological polar surface area (TPSA) is 62.5 Å². The number of pyridine rings is 1. The van der Waals surface area contributed by atoms with Gasteiger partial charge in [-0.3, -0.25) is 14.7 Å². The fourth-order valence-electron chi connectivity index (χ4n) is 4.12. The highest BCUT2D eigenvalue weighted by Crippen LogP contribution is 2.31. The largest absolute Gasteiger partial charge is 0.336 e. The van der Waals surface area contributed by atoms with Gasteiger partial charge in [0.25, 0.3) is 5.91 Å². The number of hydrogen-bond acceptors (Lipinski definition) is 4. The Bertz CT molecular complexity index is 878. The molecule has 1 fully saturated rings. The van der Waals surface area contributed by atoms with Crippen molar-refractivity contribution in [1.29, 1.82) is 0 Å². The predicted molar refractivity (Wildman–Crippen MR) is 114 cm³/mol. The first kappa shape index (κ1) is 19.3. The van der Waals surface area contributed by atoms with E-state index in [1.165, 1.54) is 11.1 Å². The van der Waals surface area contributed by atoms with Crippen LogP contribution in [-0.2, 0) is 0 Å². The van der Waals surface area contributed by atoms with Gasteiger partial charge in [-0.25, -0.2) is 0 Å². The van der Waals surface area contributed by atoms with Gasteiger partial charge in [0.1, 0.15) is 0 Å². The minimum atomic E-state index is 0.0205. The molecule has 2 N–H and O–H groups in total. The van der Waals surface area contributed by atoms with Crippen LogP contribution in [0.3, 0.4) is 0 Å². The van der Waals surface area contributed by atoms with Gasteiger partial charge >= 0.3 is 0 Å². The number of benzene rings is 2. The summed E-state index contributed by atoms with van der Waals surface area (Å²) in [5.74, 6) is 0.0205. The summed E-state index contributed by atoms with van der Waals surface area (Å²) in [6.45, 7) is 2.54. The van der Waals surface area contributed by atoms with Crippen molar-refractivity contribution in [3.63, 3.8) is 0 Å². The number of amides is 1. The molecule has 0 aliphatic carbocycles. The minimum Gasteiger partial charge on any atom is -0.336 e. The van der Waals surface area contributed by atoms with Crippen LogP contribution < -0.4 is 5.73 Å². The lowest BCUT2D eigenvalue weighted by molar-refractivity contribution is 0.0405. The normalized spacial score (nSPS) is 17.4. The lowest BCUT2D eigenvalue weighted by Gasteiger charge is -2.45. The van der Waals surface area contributed by atoms with E-state index in [0.717, 1.165) is 6.54 Å². The number of carbonyl (C=O) groups is 1. The molecule has 1 aliphatic rings. The fraction of sp³-hybridized carbons (Fsp3) is 0.250. The molecule has 29 heavy (non-hydrogen) atoms. The maximum atomic E-state index is 12.9. The Balaban J connectivity index is 1.61. The highest BCUT2D eigenvalue weighted by atomic mass is 16.2. The van der Waals surface area contributed by atoms with Gasteiger partial charge in [0, 0.05) is 44.6 Å². The van der Waals surface area contributed by atoms with Crippen LogP contribution in [-0.4, -0.2) is 52.9 Å². The molecule has 0 bridgehead atoms. The Kier molecular flexibility index (Phi) is 5.98. The lowest BCUT2D eigenvalue weighted by atomic mass is 9.94. The summed E-state index contributed by atoms with van der Waals surface area (Å²) in [4.78, 5) is 21.3. The number of nitrogens with zero attached hydrogens (tertiary/aromatic N) is 3. The van der Waals surface area contributed by atoms with E-state index in [1.807, 2.05) is 23.1 Å². The van der Waals surface area contributed by atoms with Crippen LogP contribution in [0.25, 0.3) is 0 Å². The summed E-state index contributed by atoms with van der Waals surface area (Å²) < 4.78 is 0. The molecule has 1 atom stereocenters. The van der Waals surface area contributed by atoms with Gasteiger partial charge in [-0.05, 0) is 23.3 Å². The van der Waals surface area contributed by atoms with Crippen LogP contribution in [0.2, 0.25) is 0 Å². The highest BCUT2D eigenvalue weighted by molar-refractivity contribution is 5.94. The van der Waals surface area contributed by atoms with Crippen LogP contribution in [0.4, 0.5) is 0 Å². The molecule has 3 aromatic rings. The fourth-order valence-corrected chi connectivity index (χ4v) is 4.12. The monoisotopic (exact) mass is 386 g/mol. The zero-order valence-electron chi connectivity index (χ0n) is 16.4. The molecule has 2 aromatic carbocycles. The van der Waals surface area contributed by atoms with Gasteiger partial charge in [0.2, 0.25) is 0 Å². The molecule has 4 rings (SSSR count). The minimum absolute atomic E-state index is 0.0205. The second kappa shape index (κ2) is 8.99. The van der Waals surface area contributed by atoms with E-state index in [4.69, 9.17) is 5.73 Å². The third-order valence-corrected chi connectivity index (χ3v) is 5.56. The van der Waals surface area contributed by atoms with Crippen LogP contribution >= 0.6 is 0 Å². The molecule has 0 spiro atoms. The first-order valence-electron chi connectivity index (χ1n) is 10.0. The maximum Gasteiger partial charge on any atom is 0.255 e. The zero-order chi connectivity index (χ0) is 20.1. The molecule has 2 heterocycles. The van der Waals surface area contributed by atoms with E-state index in [1.54, 1.807) is 18.5 Å². The van der Waals surface area contributed by atoms with Gasteiger partial charge in [0.05, 0.1) is 11.6 Å². The summed E-state index contributed by atoms with van der Waals surface area (Å²) >= 11 is 0. The molecule has 1 unspecified atom stereocenters. The van der Waals surface area contributed by atoms with Crippen LogP contribution in [0.1, 0.15) is 27.5 Å². The van der Waals surface area contributed by atoms with Crippen molar-refractivity contribution in [2.45, 2.75) is 12.1 Å². The summed E-state index contributed by atoms with van der Waals surface area (Å²) in [5.41, 5.74) is 9.30. The van der Waals surface area contributed by atoms with Gasteiger partial charge < -0.3 is 10.6 Å². The van der Waals surface area contributed by atoms with E-state index in [0.29, 0.717) is 25.2 Å². The molecule has 1 aromatic heterocycles. The number of hydrogen-bond donors (Lipinski definition) is 1. The van der Waals surface area contributed by atoms with E-state index < -0.39 is 0 Å². The van der Waals surface area contributed by atoms with E-state index in [-0.39, 0.29) is 18.0 Å². The number of carbonyl (C=O) groups excluding carboxylic acids is 1. The molecule has 1 amide bonds. The van der Waals surface area contributed by atoms with Crippen molar-refractivity contribution in [3.05, 3.63) is 102 Å². The van der Waals surface area contributed by atoms with Crippen molar-refractivity contribution in [1.82, 2.24) is 14.8 Å². The Morgan fingerprint density at radius 3 is 2.17 bits per heavy atom. The molecule has 148 valence electrons. The van der Waals surface area contributed by atoms with Crippen molar-refractivity contribution < 1.29 is 4.79 Å². The van der Waals surface area contributed by atoms with E-state index >= 15 is 0 Å². The lowest BCUT2D eigenvalue weighted by Crippen LogP contribution is -2.58. The molecule has 1 saturated heterocycles. The Hall–Kier alpha value is -3.02. The Morgan fingerprint density at radius 2 is 1.62 bits per heavy atom. The average molecular weight is 386 g/mol. The molecule has 0 radical (unpaired) electrons. The Labute approximate surface area is 171 Å². The summed E-state index contributed by atoms with van der Waals surface area (Å²) in [6, 6.07) is 24.8. The third kappa shape index (κ3) is 4.21. The number of aromatic nitrogens is 1. The van der Waals surface area contributed by atoms with Crippen LogP contribution in [0.15, 0.2) is 85.2 Å².